The van der Waals surface area contributed by atoms with Crippen LogP contribution in [0.3, 0.4) is 0 Å². The number of benzene rings is 1. The fraction of sp³-hybridized carbons (Fsp3) is 0.571. The van der Waals surface area contributed by atoms with Gasteiger partial charge in [-0.05, 0) is 38.8 Å². The van der Waals surface area contributed by atoms with Crippen LogP contribution in [-0.4, -0.2) is 35.6 Å². The van der Waals surface area contributed by atoms with Gasteiger partial charge in [0.15, 0.2) is 0 Å². The van der Waals surface area contributed by atoms with Gasteiger partial charge in [0.05, 0.1) is 25.4 Å². The third-order valence-electron chi connectivity index (χ3n) is 2.30. The Morgan fingerprint density at radius 3 is 1.88 bits per heavy atom. The molecule has 17 heavy (non-hydrogen) atoms. The number of hydrogen-bond donors (Lipinski definition) is 2. The summed E-state index contributed by atoms with van der Waals surface area (Å²) >= 11 is 0. The van der Waals surface area contributed by atoms with Gasteiger partial charge in [0, 0.05) is 0 Å². The zero-order valence-corrected chi connectivity index (χ0v) is 11.2. The molecule has 0 aliphatic heterocycles. The van der Waals surface area contributed by atoms with Crippen LogP contribution in [0.25, 0.3) is 0 Å². The van der Waals surface area contributed by atoms with Crippen LogP contribution in [0, 0.1) is 13.8 Å². The minimum Gasteiger partial charge on any atom is -0.394 e. The van der Waals surface area contributed by atoms with Crippen molar-refractivity contribution in [1.82, 2.24) is 0 Å². The van der Waals surface area contributed by atoms with Gasteiger partial charge >= 0.3 is 0 Å². The van der Waals surface area contributed by atoms with Gasteiger partial charge < -0.3 is 14.9 Å². The molecule has 0 bridgehead atoms. The second-order valence-electron chi connectivity index (χ2n) is 4.26. The summed E-state index contributed by atoms with van der Waals surface area (Å²) < 4.78 is 4.95. The molecule has 0 aliphatic carbocycles. The van der Waals surface area contributed by atoms with Gasteiger partial charge in [-0.2, -0.15) is 0 Å². The normalized spacial score (nSPS) is 13.5. The molecule has 1 aromatic carbocycles. The molecule has 98 valence electrons. The number of aliphatic hydroxyl groups excluding tert-OH is 2. The van der Waals surface area contributed by atoms with E-state index in [1.807, 2.05) is 0 Å². The van der Waals surface area contributed by atoms with Crippen LogP contribution >= 0.6 is 0 Å². The van der Waals surface area contributed by atoms with E-state index < -0.39 is 6.10 Å². The topological polar surface area (TPSA) is 49.7 Å². The van der Waals surface area contributed by atoms with Crippen molar-refractivity contribution in [2.24, 2.45) is 0 Å². The zero-order valence-electron chi connectivity index (χ0n) is 11.2. The Balaban J connectivity index is 0.000000302. The van der Waals surface area contributed by atoms with E-state index in [2.05, 4.69) is 38.1 Å². The van der Waals surface area contributed by atoms with Crippen molar-refractivity contribution in [3.8, 4) is 0 Å². The molecular formula is C14H24O3. The van der Waals surface area contributed by atoms with E-state index in [9.17, 15) is 0 Å². The van der Waals surface area contributed by atoms with Gasteiger partial charge in [-0.3, -0.25) is 0 Å². The van der Waals surface area contributed by atoms with Crippen LogP contribution in [0.1, 0.15) is 25.0 Å². The van der Waals surface area contributed by atoms with Crippen molar-refractivity contribution in [2.45, 2.75) is 39.9 Å². The van der Waals surface area contributed by atoms with Crippen molar-refractivity contribution >= 4 is 0 Å². The first-order valence-electron chi connectivity index (χ1n) is 5.90. The number of aryl methyl sites for hydroxylation is 2. The molecule has 3 heteroatoms. The molecule has 2 unspecified atom stereocenters. The van der Waals surface area contributed by atoms with E-state index in [0.29, 0.717) is 6.61 Å². The fourth-order valence-electron chi connectivity index (χ4n) is 1.02. The maximum absolute atomic E-state index is 8.69. The Morgan fingerprint density at radius 1 is 1.12 bits per heavy atom. The summed E-state index contributed by atoms with van der Waals surface area (Å²) in [6, 6.07) is 8.36. The van der Waals surface area contributed by atoms with Gasteiger partial charge in [-0.25, -0.2) is 0 Å². The van der Waals surface area contributed by atoms with Crippen LogP contribution < -0.4 is 0 Å². The molecule has 0 heterocycles. The minimum absolute atomic E-state index is 0.00667. The van der Waals surface area contributed by atoms with Crippen molar-refractivity contribution in [3.63, 3.8) is 0 Å². The Hall–Kier alpha value is -0.900. The molecule has 1 rings (SSSR count). The highest BCUT2D eigenvalue weighted by Crippen LogP contribution is 2.02. The van der Waals surface area contributed by atoms with Gasteiger partial charge in [-0.1, -0.05) is 24.3 Å². The Kier molecular flexibility index (Phi) is 8.68. The van der Waals surface area contributed by atoms with Crippen LogP contribution in [0.15, 0.2) is 24.3 Å². The zero-order chi connectivity index (χ0) is 13.3. The highest BCUT2D eigenvalue weighted by molar-refractivity contribution is 5.23. The van der Waals surface area contributed by atoms with Gasteiger partial charge in [0.2, 0.25) is 0 Å². The molecule has 0 fully saturated rings. The van der Waals surface area contributed by atoms with E-state index in [-0.39, 0.29) is 12.7 Å². The van der Waals surface area contributed by atoms with Crippen LogP contribution in [-0.2, 0) is 4.74 Å². The third kappa shape index (κ3) is 8.86. The molecule has 0 radical (unpaired) electrons. The fourth-order valence-corrected chi connectivity index (χ4v) is 1.02. The lowest BCUT2D eigenvalue weighted by atomic mass is 10.1. The number of hydrogen-bond acceptors (Lipinski definition) is 3. The lowest BCUT2D eigenvalue weighted by Crippen LogP contribution is -2.19. The molecule has 0 saturated heterocycles. The average molecular weight is 240 g/mol. The monoisotopic (exact) mass is 240 g/mol. The lowest BCUT2D eigenvalue weighted by molar-refractivity contribution is -0.0177. The Bertz CT molecular complexity index is 276. The molecule has 1 aromatic rings. The number of aliphatic hydroxyl groups is 2. The maximum atomic E-state index is 8.69. The summed E-state index contributed by atoms with van der Waals surface area (Å²) in [6.07, 6.45) is -0.612. The predicted octanol–water partition coefficient (Wildman–Crippen LogP) is 2.07. The Labute approximate surface area is 104 Å². The van der Waals surface area contributed by atoms with Gasteiger partial charge in [0.1, 0.15) is 0 Å². The van der Waals surface area contributed by atoms with E-state index in [0.717, 1.165) is 0 Å². The maximum Gasteiger partial charge on any atom is 0.0779 e. The highest BCUT2D eigenvalue weighted by Gasteiger charge is 2.00. The van der Waals surface area contributed by atoms with Crippen molar-refractivity contribution in [3.05, 3.63) is 35.4 Å². The molecule has 2 atom stereocenters. The first-order chi connectivity index (χ1) is 7.97. The molecule has 2 N–H and O–H groups in total. The van der Waals surface area contributed by atoms with Crippen LogP contribution in [0.4, 0.5) is 0 Å². The Morgan fingerprint density at radius 2 is 1.59 bits per heavy atom. The van der Waals surface area contributed by atoms with E-state index in [1.54, 1.807) is 13.8 Å². The number of ether oxygens (including phenoxy) is 1. The summed E-state index contributed by atoms with van der Waals surface area (Å²) in [5.41, 5.74) is 2.74. The van der Waals surface area contributed by atoms with Crippen molar-refractivity contribution in [2.75, 3.05) is 13.2 Å². The van der Waals surface area contributed by atoms with E-state index >= 15 is 0 Å². The van der Waals surface area contributed by atoms with E-state index in [4.69, 9.17) is 14.9 Å². The van der Waals surface area contributed by atoms with Crippen LogP contribution in [0.5, 0.6) is 0 Å². The van der Waals surface area contributed by atoms with E-state index in [1.165, 1.54) is 11.1 Å². The second-order valence-corrected chi connectivity index (χ2v) is 4.26. The molecule has 0 saturated carbocycles. The molecule has 0 amide bonds. The van der Waals surface area contributed by atoms with Crippen molar-refractivity contribution < 1.29 is 14.9 Å². The standard InChI is InChI=1S/C8H10.C6H14O3/c1-7-5-3-4-6-8(7)2;1-5(8)4-9-6(2)3-7/h3-6H,1-2H3;5-8H,3-4H2,1-2H3. The van der Waals surface area contributed by atoms with Crippen LogP contribution in [0.2, 0.25) is 0 Å². The molecular weight excluding hydrogens is 216 g/mol. The summed E-state index contributed by atoms with van der Waals surface area (Å²) in [5.74, 6) is 0. The summed E-state index contributed by atoms with van der Waals surface area (Å²) in [4.78, 5) is 0. The molecule has 0 spiro atoms. The van der Waals surface area contributed by atoms with Crippen molar-refractivity contribution in [1.29, 1.82) is 0 Å². The first-order valence-corrected chi connectivity index (χ1v) is 5.90. The summed E-state index contributed by atoms with van der Waals surface area (Å²) in [6.45, 7) is 7.94. The quantitative estimate of drug-likeness (QED) is 0.847. The summed E-state index contributed by atoms with van der Waals surface area (Å²) in [7, 11) is 0. The lowest BCUT2D eigenvalue weighted by Gasteiger charge is -2.10. The highest BCUT2D eigenvalue weighted by atomic mass is 16.5. The first kappa shape index (κ1) is 16.1. The smallest absolute Gasteiger partial charge is 0.0779 e. The largest absolute Gasteiger partial charge is 0.394 e. The number of rotatable bonds is 4. The molecule has 3 nitrogen and oxygen atoms in total. The molecule has 0 aromatic heterocycles. The average Bonchev–Trinajstić information content (AvgIpc) is 2.30. The van der Waals surface area contributed by atoms with Gasteiger partial charge in [0.25, 0.3) is 0 Å². The summed E-state index contributed by atoms with van der Waals surface area (Å²) in [5, 5.41) is 17.1. The predicted molar refractivity (Wildman–Crippen MR) is 70.1 cm³/mol. The minimum atomic E-state index is -0.445. The van der Waals surface area contributed by atoms with Gasteiger partial charge in [-0.15, -0.1) is 0 Å². The molecule has 0 aliphatic rings. The second kappa shape index (κ2) is 9.16. The SMILES string of the molecule is CC(O)COC(C)CO.Cc1ccccc1C. The third-order valence-corrected chi connectivity index (χ3v) is 2.30.